The van der Waals surface area contributed by atoms with Crippen molar-refractivity contribution in [2.24, 2.45) is 0 Å². The van der Waals surface area contributed by atoms with E-state index >= 15 is 0 Å². The molecule has 0 saturated carbocycles. The molecule has 0 bridgehead atoms. The Labute approximate surface area is 117 Å². The molecule has 5 heteroatoms. The second-order valence-electron chi connectivity index (χ2n) is 5.19. The van der Waals surface area contributed by atoms with E-state index in [-0.39, 0.29) is 0 Å². The van der Waals surface area contributed by atoms with Gasteiger partial charge in [-0.15, -0.1) is 0 Å². The summed E-state index contributed by atoms with van der Waals surface area (Å²) in [5.74, 6) is 0.0482. The van der Waals surface area contributed by atoms with Gasteiger partial charge in [-0.05, 0) is 31.4 Å². The molecule has 1 N–H and O–H groups in total. The molecule has 0 spiro atoms. The highest BCUT2D eigenvalue weighted by molar-refractivity contribution is 6.01. The maximum Gasteiger partial charge on any atom is 0.337 e. The van der Waals surface area contributed by atoms with E-state index < -0.39 is 5.97 Å². The Balaban J connectivity index is 2.23. The summed E-state index contributed by atoms with van der Waals surface area (Å²) in [6.07, 6.45) is 4.34. The van der Waals surface area contributed by atoms with E-state index in [0.717, 1.165) is 49.2 Å². The lowest BCUT2D eigenvalue weighted by molar-refractivity contribution is 0.0698. The van der Waals surface area contributed by atoms with Crippen LogP contribution in [-0.2, 0) is 6.42 Å². The number of imidazole rings is 1. The van der Waals surface area contributed by atoms with Crippen molar-refractivity contribution in [2.75, 3.05) is 18.1 Å². The molecule has 1 saturated heterocycles. The largest absolute Gasteiger partial charge is 0.478 e. The number of hydrogen-bond acceptors (Lipinski definition) is 3. The van der Waals surface area contributed by atoms with Crippen molar-refractivity contribution < 1.29 is 9.90 Å². The van der Waals surface area contributed by atoms with Crippen LogP contribution in [0, 0.1) is 0 Å². The normalized spacial score (nSPS) is 15.8. The SMILES string of the molecule is CCc1nc2cccc(C(=O)O)c2n1N1CCCCC1. The van der Waals surface area contributed by atoms with Crippen LogP contribution in [0.15, 0.2) is 18.2 Å². The lowest BCUT2D eigenvalue weighted by atomic mass is 10.1. The first-order valence-electron chi connectivity index (χ1n) is 7.21. The standard InChI is InChI=1S/C15H19N3O2/c1-2-13-16-12-8-6-7-11(15(19)20)14(12)18(13)17-9-4-3-5-10-17/h6-8H,2-5,9-10H2,1H3,(H,19,20). The molecule has 0 radical (unpaired) electrons. The number of benzene rings is 1. The second kappa shape index (κ2) is 5.15. The predicted octanol–water partition coefficient (Wildman–Crippen LogP) is 2.42. The van der Waals surface area contributed by atoms with Crippen LogP contribution in [0.2, 0.25) is 0 Å². The van der Waals surface area contributed by atoms with Crippen LogP contribution in [-0.4, -0.2) is 33.8 Å². The number of aromatic nitrogens is 2. The van der Waals surface area contributed by atoms with Gasteiger partial charge >= 0.3 is 5.97 Å². The molecule has 5 nitrogen and oxygen atoms in total. The van der Waals surface area contributed by atoms with Crippen molar-refractivity contribution in [3.8, 4) is 0 Å². The third kappa shape index (κ3) is 2.03. The lowest BCUT2D eigenvalue weighted by Gasteiger charge is -2.31. The fourth-order valence-electron chi connectivity index (χ4n) is 2.94. The lowest BCUT2D eigenvalue weighted by Crippen LogP contribution is -2.40. The molecule has 3 rings (SSSR count). The molecule has 1 aliphatic heterocycles. The highest BCUT2D eigenvalue weighted by Crippen LogP contribution is 2.23. The number of para-hydroxylation sites is 1. The van der Waals surface area contributed by atoms with Crippen LogP contribution < -0.4 is 5.01 Å². The molecular formula is C15H19N3O2. The first kappa shape index (κ1) is 13.0. The summed E-state index contributed by atoms with van der Waals surface area (Å²) in [6, 6.07) is 5.31. The number of piperidine rings is 1. The van der Waals surface area contributed by atoms with Crippen LogP contribution in [0.25, 0.3) is 11.0 Å². The molecule has 0 unspecified atom stereocenters. The molecule has 20 heavy (non-hydrogen) atoms. The topological polar surface area (TPSA) is 58.4 Å². The van der Waals surface area contributed by atoms with Crippen LogP contribution in [0.1, 0.15) is 42.4 Å². The smallest absolute Gasteiger partial charge is 0.337 e. The Morgan fingerprint density at radius 2 is 2.05 bits per heavy atom. The zero-order valence-corrected chi connectivity index (χ0v) is 11.7. The van der Waals surface area contributed by atoms with Crippen molar-refractivity contribution in [3.05, 3.63) is 29.6 Å². The van der Waals surface area contributed by atoms with Crippen LogP contribution in [0.3, 0.4) is 0 Å². The summed E-state index contributed by atoms with van der Waals surface area (Å²) in [7, 11) is 0. The van der Waals surface area contributed by atoms with Crippen LogP contribution >= 0.6 is 0 Å². The van der Waals surface area contributed by atoms with Crippen molar-refractivity contribution in [2.45, 2.75) is 32.6 Å². The van der Waals surface area contributed by atoms with E-state index in [9.17, 15) is 9.90 Å². The summed E-state index contributed by atoms with van der Waals surface area (Å²) in [5.41, 5.74) is 1.84. The van der Waals surface area contributed by atoms with Crippen molar-refractivity contribution in [3.63, 3.8) is 0 Å². The van der Waals surface area contributed by atoms with E-state index in [2.05, 4.69) is 16.9 Å². The van der Waals surface area contributed by atoms with E-state index in [1.165, 1.54) is 6.42 Å². The van der Waals surface area contributed by atoms with Crippen LogP contribution in [0.5, 0.6) is 0 Å². The number of rotatable bonds is 3. The average Bonchev–Trinajstić information content (AvgIpc) is 2.86. The number of aromatic carboxylic acids is 1. The first-order valence-corrected chi connectivity index (χ1v) is 7.21. The Kier molecular flexibility index (Phi) is 3.34. The molecule has 2 aromatic rings. The third-order valence-corrected chi connectivity index (χ3v) is 3.88. The van der Waals surface area contributed by atoms with Gasteiger partial charge in [0.2, 0.25) is 0 Å². The molecule has 1 aromatic carbocycles. The fraction of sp³-hybridized carbons (Fsp3) is 0.467. The van der Waals surface area contributed by atoms with E-state index in [1.54, 1.807) is 12.1 Å². The minimum absolute atomic E-state index is 0.334. The molecule has 0 aliphatic carbocycles. The fourth-order valence-corrected chi connectivity index (χ4v) is 2.94. The molecule has 1 aromatic heterocycles. The van der Waals surface area contributed by atoms with Gasteiger partial charge in [-0.25, -0.2) is 14.5 Å². The first-order chi connectivity index (χ1) is 9.72. The number of fused-ring (bicyclic) bond motifs is 1. The van der Waals surface area contributed by atoms with Gasteiger partial charge < -0.3 is 10.1 Å². The van der Waals surface area contributed by atoms with Gasteiger partial charge in [0.1, 0.15) is 11.3 Å². The molecule has 2 heterocycles. The zero-order valence-electron chi connectivity index (χ0n) is 11.7. The number of carboxylic acid groups (broad SMARTS) is 1. The Morgan fingerprint density at radius 3 is 2.70 bits per heavy atom. The Morgan fingerprint density at radius 1 is 1.30 bits per heavy atom. The van der Waals surface area contributed by atoms with Crippen molar-refractivity contribution >= 4 is 17.0 Å². The number of hydrogen-bond donors (Lipinski definition) is 1. The number of carbonyl (C=O) groups is 1. The monoisotopic (exact) mass is 273 g/mol. The number of nitrogens with zero attached hydrogens (tertiary/aromatic N) is 3. The van der Waals surface area contributed by atoms with Crippen LogP contribution in [0.4, 0.5) is 0 Å². The summed E-state index contributed by atoms with van der Waals surface area (Å²) in [5, 5.41) is 11.7. The predicted molar refractivity (Wildman–Crippen MR) is 77.9 cm³/mol. The molecule has 0 amide bonds. The van der Waals surface area contributed by atoms with E-state index in [4.69, 9.17) is 0 Å². The third-order valence-electron chi connectivity index (χ3n) is 3.88. The maximum absolute atomic E-state index is 11.5. The average molecular weight is 273 g/mol. The summed E-state index contributed by atoms with van der Waals surface area (Å²) < 4.78 is 2.04. The second-order valence-corrected chi connectivity index (χ2v) is 5.19. The van der Waals surface area contributed by atoms with Gasteiger partial charge in [0, 0.05) is 19.5 Å². The van der Waals surface area contributed by atoms with Gasteiger partial charge in [-0.1, -0.05) is 13.0 Å². The zero-order chi connectivity index (χ0) is 14.1. The molecule has 1 aliphatic rings. The summed E-state index contributed by atoms with van der Waals surface area (Å²) in [4.78, 5) is 16.1. The van der Waals surface area contributed by atoms with Gasteiger partial charge in [-0.2, -0.15) is 0 Å². The summed E-state index contributed by atoms with van der Waals surface area (Å²) in [6.45, 7) is 3.99. The van der Waals surface area contributed by atoms with Gasteiger partial charge in [0.15, 0.2) is 0 Å². The van der Waals surface area contributed by atoms with Gasteiger partial charge in [-0.3, -0.25) is 0 Å². The number of aryl methyl sites for hydroxylation is 1. The minimum Gasteiger partial charge on any atom is -0.478 e. The molecular weight excluding hydrogens is 254 g/mol. The van der Waals surface area contributed by atoms with Gasteiger partial charge in [0.25, 0.3) is 0 Å². The molecule has 1 fully saturated rings. The Hall–Kier alpha value is -2.04. The minimum atomic E-state index is -0.892. The van der Waals surface area contributed by atoms with Crippen molar-refractivity contribution in [1.82, 2.24) is 9.66 Å². The van der Waals surface area contributed by atoms with Gasteiger partial charge in [0.05, 0.1) is 11.1 Å². The van der Waals surface area contributed by atoms with E-state index in [0.29, 0.717) is 5.56 Å². The molecule has 0 atom stereocenters. The Bertz CT molecular complexity index is 642. The highest BCUT2D eigenvalue weighted by Gasteiger charge is 2.21. The highest BCUT2D eigenvalue weighted by atomic mass is 16.4. The van der Waals surface area contributed by atoms with E-state index in [1.807, 2.05) is 10.7 Å². The van der Waals surface area contributed by atoms with Crippen molar-refractivity contribution in [1.29, 1.82) is 0 Å². The summed E-state index contributed by atoms with van der Waals surface area (Å²) >= 11 is 0. The number of carboxylic acids is 1. The maximum atomic E-state index is 11.5. The quantitative estimate of drug-likeness (QED) is 0.933. The molecule has 106 valence electrons.